The number of halogens is 2. The number of aliphatic hydroxyl groups excluding tert-OH is 1. The molecule has 1 aliphatic heterocycles. The van der Waals surface area contributed by atoms with Gasteiger partial charge in [-0.25, -0.2) is 19.3 Å². The fraction of sp³-hybridized carbons (Fsp3) is 0.312. The first-order valence-electron chi connectivity index (χ1n) is 14.0. The summed E-state index contributed by atoms with van der Waals surface area (Å²) in [5.41, 5.74) is 2.64. The Morgan fingerprint density at radius 3 is 2.14 bits per heavy atom. The van der Waals surface area contributed by atoms with Crippen LogP contribution in [0.5, 0.6) is 5.75 Å². The van der Waals surface area contributed by atoms with Gasteiger partial charge in [0, 0.05) is 10.6 Å². The summed E-state index contributed by atoms with van der Waals surface area (Å²) in [6.07, 6.45) is 4.67. The molecule has 1 N–H and O–H groups in total. The van der Waals surface area contributed by atoms with Gasteiger partial charge in [0.05, 0.1) is 18.2 Å². The molecule has 10 nitrogen and oxygen atoms in total. The second-order valence-electron chi connectivity index (χ2n) is 11.3. The maximum absolute atomic E-state index is 10.7. The molecule has 5 aromatic rings. The molecule has 0 radical (unpaired) electrons. The fourth-order valence-corrected chi connectivity index (χ4v) is 5.20. The smallest absolute Gasteiger partial charge is 0.219 e. The van der Waals surface area contributed by atoms with E-state index in [2.05, 4.69) is 32.3 Å². The van der Waals surface area contributed by atoms with Gasteiger partial charge < -0.3 is 19.3 Å². The number of ether oxygens (including phenoxy) is 3. The SMILES string of the molecule is CC(C)(C)C(O)C(Oc1ccc(-c2ccccc2)cc1)n1cncn1.Clc1ccc(C2(Cn3cncn3)OCCO2)c(Cl)c1. The molecule has 2 unspecified atom stereocenters. The molecular formula is C32H34Cl2N6O4. The Balaban J connectivity index is 0.000000181. The highest BCUT2D eigenvalue weighted by Gasteiger charge is 2.41. The number of nitrogens with zero attached hydrogens (tertiary/aromatic N) is 6. The molecule has 1 fully saturated rings. The van der Waals surface area contributed by atoms with Gasteiger partial charge in [0.2, 0.25) is 12.0 Å². The molecule has 3 heterocycles. The quantitative estimate of drug-likeness (QED) is 0.208. The standard InChI is InChI=1S/C20H23N3O2.C12H11Cl2N3O2/c1-20(2,3)18(24)19(23-14-21-13-22-23)25-17-11-9-16(10-12-17)15-7-5-4-6-8-15;13-9-1-2-10(11(14)5-9)12(18-3-4-19-12)6-17-8-15-7-16-17/h4-14,18-19,24H,1-3H3;1-2,5,7-8H,3-4,6H2. The number of aliphatic hydroxyl groups is 1. The molecular weight excluding hydrogens is 603 g/mol. The highest BCUT2D eigenvalue weighted by atomic mass is 35.5. The van der Waals surface area contributed by atoms with Crippen molar-refractivity contribution in [1.82, 2.24) is 29.5 Å². The largest absolute Gasteiger partial charge is 0.466 e. The summed E-state index contributed by atoms with van der Waals surface area (Å²) in [5, 5.41) is 20.0. The Hall–Kier alpha value is -3.80. The van der Waals surface area contributed by atoms with E-state index in [4.69, 9.17) is 37.4 Å². The Morgan fingerprint density at radius 2 is 1.55 bits per heavy atom. The zero-order chi connectivity index (χ0) is 31.2. The second kappa shape index (κ2) is 13.9. The molecule has 1 aliphatic rings. The lowest BCUT2D eigenvalue weighted by Crippen LogP contribution is -2.38. The Morgan fingerprint density at radius 1 is 0.886 bits per heavy atom. The van der Waals surface area contributed by atoms with Crippen LogP contribution in [0.15, 0.2) is 98.1 Å². The Labute approximate surface area is 266 Å². The summed E-state index contributed by atoms with van der Waals surface area (Å²) in [6.45, 7) is 7.28. The van der Waals surface area contributed by atoms with Crippen LogP contribution in [-0.2, 0) is 21.8 Å². The van der Waals surface area contributed by atoms with Gasteiger partial charge in [0.1, 0.15) is 43.7 Å². The minimum Gasteiger partial charge on any atom is -0.466 e. The van der Waals surface area contributed by atoms with Gasteiger partial charge in [-0.2, -0.15) is 10.2 Å². The zero-order valence-corrected chi connectivity index (χ0v) is 26.1. The molecule has 0 amide bonds. The first kappa shape index (κ1) is 31.6. The molecule has 12 heteroatoms. The summed E-state index contributed by atoms with van der Waals surface area (Å²) in [6, 6.07) is 23.2. The van der Waals surface area contributed by atoms with Gasteiger partial charge in [-0.1, -0.05) is 92.5 Å². The van der Waals surface area contributed by atoms with E-state index >= 15 is 0 Å². The van der Waals surface area contributed by atoms with E-state index in [0.717, 1.165) is 16.7 Å². The van der Waals surface area contributed by atoms with Crippen molar-refractivity contribution in [3.8, 4) is 16.9 Å². The maximum Gasteiger partial charge on any atom is 0.219 e. The van der Waals surface area contributed by atoms with E-state index in [1.165, 1.54) is 12.7 Å². The number of aromatic nitrogens is 6. The molecule has 3 aromatic carbocycles. The Bertz CT molecular complexity index is 1590. The van der Waals surface area contributed by atoms with E-state index in [-0.39, 0.29) is 5.41 Å². The Kier molecular flexibility index (Phi) is 9.97. The molecule has 0 spiro atoms. The lowest BCUT2D eigenvalue weighted by Gasteiger charge is -2.32. The van der Waals surface area contributed by atoms with E-state index in [9.17, 15) is 5.11 Å². The van der Waals surface area contributed by atoms with Crippen molar-refractivity contribution in [1.29, 1.82) is 0 Å². The van der Waals surface area contributed by atoms with E-state index < -0.39 is 18.1 Å². The average molecular weight is 638 g/mol. The van der Waals surface area contributed by atoms with Crippen LogP contribution in [0, 0.1) is 5.41 Å². The first-order valence-corrected chi connectivity index (χ1v) is 14.8. The number of rotatable bonds is 8. The molecule has 0 aliphatic carbocycles. The fourth-order valence-electron chi connectivity index (χ4n) is 4.65. The zero-order valence-electron chi connectivity index (χ0n) is 24.6. The van der Waals surface area contributed by atoms with Crippen LogP contribution in [-0.4, -0.2) is 54.0 Å². The minimum atomic E-state index is -0.935. The minimum absolute atomic E-state index is 0.361. The molecule has 2 atom stereocenters. The lowest BCUT2D eigenvalue weighted by atomic mass is 9.88. The topological polar surface area (TPSA) is 109 Å². The predicted molar refractivity (Wildman–Crippen MR) is 167 cm³/mol. The average Bonchev–Trinajstić information content (AvgIpc) is 3.81. The predicted octanol–water partition coefficient (Wildman–Crippen LogP) is 6.41. The van der Waals surface area contributed by atoms with Gasteiger partial charge in [0.15, 0.2) is 0 Å². The van der Waals surface area contributed by atoms with Gasteiger partial charge in [-0.05, 0) is 40.8 Å². The van der Waals surface area contributed by atoms with Crippen molar-refractivity contribution in [3.05, 3.63) is 114 Å². The van der Waals surface area contributed by atoms with Crippen LogP contribution in [0.3, 0.4) is 0 Å². The summed E-state index contributed by atoms with van der Waals surface area (Å²) in [5.74, 6) is -0.265. The number of hydrogen-bond acceptors (Lipinski definition) is 8. The van der Waals surface area contributed by atoms with Crippen LogP contribution in [0.1, 0.15) is 32.6 Å². The summed E-state index contributed by atoms with van der Waals surface area (Å²) in [4.78, 5) is 7.88. The molecule has 44 heavy (non-hydrogen) atoms. The van der Waals surface area contributed by atoms with Gasteiger partial charge in [-0.3, -0.25) is 0 Å². The van der Waals surface area contributed by atoms with E-state index in [0.29, 0.717) is 35.6 Å². The third-order valence-corrected chi connectivity index (χ3v) is 7.55. The van der Waals surface area contributed by atoms with Crippen molar-refractivity contribution in [2.45, 2.75) is 45.4 Å². The van der Waals surface area contributed by atoms with Crippen molar-refractivity contribution in [2.24, 2.45) is 5.41 Å². The van der Waals surface area contributed by atoms with Gasteiger partial charge >= 0.3 is 0 Å². The van der Waals surface area contributed by atoms with Crippen LogP contribution in [0.25, 0.3) is 11.1 Å². The highest BCUT2D eigenvalue weighted by molar-refractivity contribution is 6.35. The first-order chi connectivity index (χ1) is 21.1. The van der Waals surface area contributed by atoms with Crippen molar-refractivity contribution >= 4 is 23.2 Å². The van der Waals surface area contributed by atoms with Crippen LogP contribution in [0.4, 0.5) is 0 Å². The third kappa shape index (κ3) is 7.64. The molecule has 6 rings (SSSR count). The molecule has 0 saturated carbocycles. The van der Waals surface area contributed by atoms with Crippen LogP contribution in [0.2, 0.25) is 10.0 Å². The molecule has 1 saturated heterocycles. The van der Waals surface area contributed by atoms with Crippen molar-refractivity contribution in [3.63, 3.8) is 0 Å². The third-order valence-electron chi connectivity index (χ3n) is 7.01. The monoisotopic (exact) mass is 636 g/mol. The van der Waals surface area contributed by atoms with Crippen LogP contribution < -0.4 is 4.74 Å². The summed E-state index contributed by atoms with van der Waals surface area (Å²) < 4.78 is 20.8. The normalized spacial score (nSPS) is 15.7. The van der Waals surface area contributed by atoms with Crippen LogP contribution >= 0.6 is 23.2 Å². The van der Waals surface area contributed by atoms with Crippen molar-refractivity contribution in [2.75, 3.05) is 13.2 Å². The van der Waals surface area contributed by atoms with Crippen molar-refractivity contribution < 1.29 is 19.3 Å². The van der Waals surface area contributed by atoms with Gasteiger partial charge in [-0.15, -0.1) is 0 Å². The summed E-state index contributed by atoms with van der Waals surface area (Å²) in [7, 11) is 0. The van der Waals surface area contributed by atoms with Gasteiger partial charge in [0.25, 0.3) is 0 Å². The maximum atomic E-state index is 10.7. The molecule has 2 aromatic heterocycles. The highest BCUT2D eigenvalue weighted by Crippen LogP contribution is 2.38. The number of benzene rings is 3. The summed E-state index contributed by atoms with van der Waals surface area (Å²) >= 11 is 12.2. The number of hydrogen-bond donors (Lipinski definition) is 1. The molecule has 0 bridgehead atoms. The lowest BCUT2D eigenvalue weighted by molar-refractivity contribution is -0.177. The molecule has 230 valence electrons. The second-order valence-corrected chi connectivity index (χ2v) is 12.1. The van der Waals surface area contributed by atoms with E-state index in [1.54, 1.807) is 34.2 Å². The van der Waals surface area contributed by atoms with E-state index in [1.807, 2.05) is 69.3 Å².